The lowest BCUT2D eigenvalue weighted by molar-refractivity contribution is -0.384. The minimum Gasteiger partial charge on any atom is -0.476 e. The molecule has 406 valence electrons. The van der Waals surface area contributed by atoms with Gasteiger partial charge in [-0.1, -0.05) is 51.1 Å². The first-order chi connectivity index (χ1) is 36.8. The van der Waals surface area contributed by atoms with E-state index in [4.69, 9.17) is 36.7 Å². The number of aliphatic hydroxyl groups is 1. The third kappa shape index (κ3) is 11.6. The Morgan fingerprint density at radius 3 is 2.40 bits per heavy atom. The first-order valence-electron chi connectivity index (χ1n) is 23.9. The van der Waals surface area contributed by atoms with Gasteiger partial charge >= 0.3 is 16.1 Å². The van der Waals surface area contributed by atoms with E-state index in [2.05, 4.69) is 35.2 Å². The number of fused-ring (bicyclic) bond motifs is 4. The van der Waals surface area contributed by atoms with Crippen molar-refractivity contribution in [2.45, 2.75) is 101 Å². The number of hydrogen-bond acceptors (Lipinski definition) is 21. The molecule has 2 fully saturated rings. The summed E-state index contributed by atoms with van der Waals surface area (Å²) in [6.45, 7) is 7.92. The number of aliphatic hydroxyl groups excluding tert-OH is 1. The third-order valence-electron chi connectivity index (χ3n) is 13.3. The fourth-order valence-corrected chi connectivity index (χ4v) is 11.6. The molecule has 27 nitrogen and oxygen atoms in total. The number of phosphoric ester groups is 1. The Kier molecular flexibility index (Phi) is 16.3. The van der Waals surface area contributed by atoms with Crippen LogP contribution in [0, 0.1) is 21.4 Å². The van der Waals surface area contributed by atoms with Crippen LogP contribution in [-0.2, 0) is 47.5 Å². The van der Waals surface area contributed by atoms with Gasteiger partial charge in [-0.15, -0.1) is 9.42 Å². The normalized spacial score (nSPS) is 22.8. The average molecular weight is 1120 g/mol. The van der Waals surface area contributed by atoms with Crippen LogP contribution in [0.5, 0.6) is 5.88 Å². The number of nitrogens with zero attached hydrogens (tertiary/aromatic N) is 11. The van der Waals surface area contributed by atoms with E-state index in [0.29, 0.717) is 17.6 Å². The number of imidazole rings is 3. The quantitative estimate of drug-likeness (QED) is 0.0209. The van der Waals surface area contributed by atoms with Crippen LogP contribution >= 0.6 is 16.1 Å². The zero-order chi connectivity index (χ0) is 54.8. The molecule has 1 amide bonds. The number of nitriles is 1. The number of aromatic nitrogens is 9. The third-order valence-corrected chi connectivity index (χ3v) is 19.6. The summed E-state index contributed by atoms with van der Waals surface area (Å²) in [5.74, 6) is -0.285. The van der Waals surface area contributed by atoms with Crippen molar-refractivity contribution >= 4 is 69.9 Å². The molecule has 2 unspecified atom stereocenters. The van der Waals surface area contributed by atoms with Gasteiger partial charge in [0, 0.05) is 41.1 Å². The second-order valence-corrected chi connectivity index (χ2v) is 26.3. The second kappa shape index (κ2) is 22.7. The van der Waals surface area contributed by atoms with Crippen molar-refractivity contribution < 1.29 is 70.0 Å². The Balaban J connectivity index is 1.03. The van der Waals surface area contributed by atoms with E-state index in [-0.39, 0.29) is 52.9 Å². The Morgan fingerprint density at radius 1 is 0.974 bits per heavy atom. The maximum absolute atomic E-state index is 16.7. The molecule has 2 aromatic carbocycles. The van der Waals surface area contributed by atoms with Gasteiger partial charge in [-0.3, -0.25) is 42.0 Å². The molecular formula is C46H52FN12O15P2Si+. The summed E-state index contributed by atoms with van der Waals surface area (Å²) in [5, 5.41) is 33.9. The summed E-state index contributed by atoms with van der Waals surface area (Å²) >= 11 is 0. The monoisotopic (exact) mass is 1120 g/mol. The van der Waals surface area contributed by atoms with Gasteiger partial charge in [-0.05, 0) is 35.8 Å². The van der Waals surface area contributed by atoms with Crippen LogP contribution in [0.1, 0.15) is 55.6 Å². The summed E-state index contributed by atoms with van der Waals surface area (Å²) in [6, 6.07) is 16.2. The SMILES string of the molecule is CC(C)(C)[Si](C)(C)O[C@H]1[C@@H](OP(=O)(OCCC#N)OC[C@H]2O[C@@H](n3cnc4c(NC(=O)c5ccccc5)ncnc43)[C@H](F)[C@@H]2O[P+](=O)O)[C@H](n2cnc3c(OCCc4ccc([N+](=O)[O-])cc4)nc4nccn4c32)O[C@@H]1CO. The Bertz CT molecular complexity index is 3380. The fourth-order valence-electron chi connectivity index (χ4n) is 8.41. The van der Waals surface area contributed by atoms with Crippen molar-refractivity contribution in [2.24, 2.45) is 0 Å². The highest BCUT2D eigenvalue weighted by Gasteiger charge is 2.56. The number of nitrogens with one attached hydrogen (secondary N) is 1. The Morgan fingerprint density at radius 2 is 1.70 bits per heavy atom. The van der Waals surface area contributed by atoms with Gasteiger partial charge < -0.3 is 29.1 Å². The Labute approximate surface area is 439 Å². The van der Waals surface area contributed by atoms with E-state index in [1.807, 2.05) is 39.9 Å². The maximum Gasteiger partial charge on any atom is 0.695 e. The lowest BCUT2D eigenvalue weighted by Gasteiger charge is -2.40. The molecule has 7 aromatic rings. The summed E-state index contributed by atoms with van der Waals surface area (Å²) in [5.41, 5.74) is 1.56. The maximum atomic E-state index is 16.7. The van der Waals surface area contributed by atoms with Gasteiger partial charge in [0.05, 0.1) is 56.5 Å². The van der Waals surface area contributed by atoms with E-state index < -0.39 is 109 Å². The topological polar surface area (TPSA) is 336 Å². The first-order valence-corrected chi connectivity index (χ1v) is 29.4. The Hall–Kier alpha value is -6.64. The van der Waals surface area contributed by atoms with Gasteiger partial charge in [-0.25, -0.2) is 33.9 Å². The number of ether oxygens (including phenoxy) is 3. The van der Waals surface area contributed by atoms with Crippen molar-refractivity contribution in [1.29, 1.82) is 5.26 Å². The number of nitro groups is 1. The molecule has 10 atom stereocenters. The van der Waals surface area contributed by atoms with Crippen LogP contribution in [0.15, 0.2) is 86.0 Å². The minimum absolute atomic E-state index is 0.00579. The molecule has 2 saturated heterocycles. The molecular weight excluding hydrogens is 1070 g/mol. The summed E-state index contributed by atoms with van der Waals surface area (Å²) in [6.07, 6.45) is -5.78. The summed E-state index contributed by atoms with van der Waals surface area (Å²) in [4.78, 5) is 60.0. The number of nitro benzene ring substituents is 1. The highest BCUT2D eigenvalue weighted by molar-refractivity contribution is 7.48. The van der Waals surface area contributed by atoms with E-state index >= 15 is 8.96 Å². The number of carbonyl (C=O) groups is 1. The molecule has 0 radical (unpaired) electrons. The zero-order valence-electron chi connectivity index (χ0n) is 41.8. The highest BCUT2D eigenvalue weighted by atomic mass is 31.2. The molecule has 2 aliphatic heterocycles. The number of rotatable bonds is 22. The predicted molar refractivity (Wildman–Crippen MR) is 269 cm³/mol. The number of anilines is 1. The van der Waals surface area contributed by atoms with Crippen LogP contribution in [0.2, 0.25) is 18.1 Å². The smallest absolute Gasteiger partial charge is 0.476 e. The first kappa shape index (κ1) is 55.1. The standard InChI is InChI=1S/C46H51FN12O15P2Si/c1-46(2,3)77(4,5)74-36-30(22-60)70-44(58-26-53-34-41(55-45-49-18-19-56(45)42(34)58)67-21-16-27-12-14-29(15-13-27)59(62)63)37(36)73-76(66,68-20-9-17-48)69-23-31-35(72-75(64)65)32(47)43(71-31)57-25-52-33-38(50-24-51-39(33)57)54-40(61)28-10-7-6-8-11-28/h6-8,10-15,18-19,24-26,30-32,35-37,43-44,60H,9,16,20-23H2,1-5H3,(H-,50,51,54,61,64,65)/p+1/t30-,31-,32-,35-,36-,37-,43-,44-,76?/m1/s1. The second-order valence-electron chi connectivity index (χ2n) is 19.2. The average Bonchev–Trinajstić information content (AvgIpc) is 4.30. The van der Waals surface area contributed by atoms with Crippen molar-refractivity contribution in [3.8, 4) is 11.9 Å². The lowest BCUT2D eigenvalue weighted by Crippen LogP contribution is -2.50. The molecule has 31 heteroatoms. The molecule has 0 saturated carbocycles. The number of hydrogen-bond donors (Lipinski definition) is 3. The predicted octanol–water partition coefficient (Wildman–Crippen LogP) is 6.69. The van der Waals surface area contributed by atoms with Crippen LogP contribution in [0.4, 0.5) is 15.9 Å². The van der Waals surface area contributed by atoms with Crippen molar-refractivity contribution in [3.05, 3.63) is 107 Å². The molecule has 3 N–H and O–H groups in total. The van der Waals surface area contributed by atoms with Gasteiger partial charge in [-0.2, -0.15) is 10.2 Å². The largest absolute Gasteiger partial charge is 0.695 e. The number of phosphoric acid groups is 1. The van der Waals surface area contributed by atoms with Gasteiger partial charge in [0.1, 0.15) is 30.7 Å². The highest BCUT2D eigenvalue weighted by Crippen LogP contribution is 2.56. The molecule has 0 aliphatic carbocycles. The lowest BCUT2D eigenvalue weighted by atomic mass is 10.1. The van der Waals surface area contributed by atoms with E-state index in [1.54, 1.807) is 53.1 Å². The van der Waals surface area contributed by atoms with Crippen LogP contribution in [0.25, 0.3) is 28.1 Å². The number of benzene rings is 2. The van der Waals surface area contributed by atoms with Gasteiger partial charge in [0.25, 0.3) is 11.6 Å². The van der Waals surface area contributed by atoms with Gasteiger partial charge in [0.15, 0.2) is 61.2 Å². The number of halogens is 1. The number of alkyl halides is 1. The number of amides is 1. The molecule has 9 rings (SSSR count). The van der Waals surface area contributed by atoms with E-state index in [0.717, 1.165) is 22.8 Å². The molecule has 2 aliphatic rings. The molecule has 5 aromatic heterocycles. The van der Waals surface area contributed by atoms with E-state index in [1.165, 1.54) is 29.2 Å². The van der Waals surface area contributed by atoms with Crippen molar-refractivity contribution in [1.82, 2.24) is 43.4 Å². The molecule has 0 bridgehead atoms. The molecule has 0 spiro atoms. The van der Waals surface area contributed by atoms with Crippen LogP contribution in [-0.4, -0.2) is 136 Å². The molecule has 7 heterocycles. The summed E-state index contributed by atoms with van der Waals surface area (Å²) in [7, 11) is -11.4. The fraction of sp³-hybridized carbons (Fsp3) is 0.435. The zero-order valence-corrected chi connectivity index (χ0v) is 44.6. The summed E-state index contributed by atoms with van der Waals surface area (Å²) < 4.78 is 97.7. The van der Waals surface area contributed by atoms with Crippen LogP contribution in [0.3, 0.4) is 0 Å². The minimum atomic E-state index is -5.05. The van der Waals surface area contributed by atoms with Gasteiger partial charge in [0.2, 0.25) is 11.7 Å². The van der Waals surface area contributed by atoms with E-state index in [9.17, 15) is 34.7 Å². The number of carbonyl (C=O) groups excluding carboxylic acids is 1. The van der Waals surface area contributed by atoms with Crippen molar-refractivity contribution in [2.75, 3.05) is 31.7 Å². The number of non-ortho nitro benzene ring substituents is 1. The molecule has 77 heavy (non-hydrogen) atoms. The van der Waals surface area contributed by atoms with Crippen molar-refractivity contribution in [3.63, 3.8) is 0 Å². The van der Waals surface area contributed by atoms with Crippen LogP contribution < -0.4 is 10.1 Å².